The summed E-state index contributed by atoms with van der Waals surface area (Å²) in [5.41, 5.74) is 12.3. The largest absolute Gasteiger partial charge is 0.456 e. The molecule has 0 spiro atoms. The normalized spacial score (nSPS) is 12.1. The Morgan fingerprint density at radius 3 is 1.85 bits per heavy atom. The third-order valence-corrected chi connectivity index (χ3v) is 13.1. The highest BCUT2D eigenvalue weighted by Gasteiger charge is 2.24. The molecule has 0 fully saturated rings. The Hall–Kier alpha value is -7.60. The molecule has 13 rings (SSSR count). The first-order valence-corrected chi connectivity index (χ1v) is 20.7. The van der Waals surface area contributed by atoms with Crippen molar-refractivity contribution in [1.82, 2.24) is 4.57 Å². The Balaban J connectivity index is 1.03. The van der Waals surface area contributed by atoms with Crippen LogP contribution in [0, 0.1) is 0 Å². The van der Waals surface area contributed by atoms with Gasteiger partial charge < -0.3 is 18.3 Å². The van der Waals surface area contributed by atoms with Gasteiger partial charge in [0.2, 0.25) is 0 Å². The fourth-order valence-electron chi connectivity index (χ4n) is 9.41. The molecule has 4 heterocycles. The third kappa shape index (κ3) is 4.83. The van der Waals surface area contributed by atoms with Gasteiger partial charge in [-0.1, -0.05) is 97.1 Å². The maximum atomic E-state index is 6.70. The number of rotatable bonds is 5. The highest BCUT2D eigenvalue weighted by atomic mass is 32.1. The standard InChI is InChI=1S/C54H32N2O2S/c1-2-12-34(13-3-1)55(37-27-29-51-43(31-37)40-15-7-11-21-50(40)59-51)35-23-25-36(26-24-35)56-44-18-8-4-16-41(44)53-45(56)32-49-54(42-17-6-10-20-47(42)58-49)52(53)33-22-28-39-38-14-5-9-19-46(38)57-48(39)30-33/h1-32H. The number of aromatic nitrogens is 1. The van der Waals surface area contributed by atoms with Crippen LogP contribution in [-0.4, -0.2) is 4.57 Å². The van der Waals surface area contributed by atoms with Crippen LogP contribution in [0.4, 0.5) is 17.1 Å². The molecule has 0 aliphatic heterocycles. The zero-order chi connectivity index (χ0) is 38.6. The van der Waals surface area contributed by atoms with Gasteiger partial charge in [0.15, 0.2) is 0 Å². The summed E-state index contributed by atoms with van der Waals surface area (Å²) in [7, 11) is 0. The molecule has 0 saturated carbocycles. The summed E-state index contributed by atoms with van der Waals surface area (Å²) < 4.78 is 18.2. The van der Waals surface area contributed by atoms with Crippen molar-refractivity contribution in [2.75, 3.05) is 4.90 Å². The molecule has 0 bridgehead atoms. The smallest absolute Gasteiger partial charge is 0.138 e. The predicted molar refractivity (Wildman–Crippen MR) is 248 cm³/mol. The molecule has 0 amide bonds. The van der Waals surface area contributed by atoms with Crippen molar-refractivity contribution in [2.24, 2.45) is 0 Å². The molecule has 0 atom stereocenters. The Labute approximate surface area is 342 Å². The van der Waals surface area contributed by atoms with Crippen molar-refractivity contribution < 1.29 is 8.83 Å². The van der Waals surface area contributed by atoms with E-state index >= 15 is 0 Å². The van der Waals surface area contributed by atoms with Crippen molar-refractivity contribution in [3.63, 3.8) is 0 Å². The molecular weight excluding hydrogens is 741 g/mol. The van der Waals surface area contributed by atoms with Crippen LogP contribution in [0.2, 0.25) is 0 Å². The number of fused-ring (bicyclic) bond motifs is 12. The molecule has 9 aromatic carbocycles. The van der Waals surface area contributed by atoms with Gasteiger partial charge in [0.25, 0.3) is 0 Å². The molecule has 4 nitrogen and oxygen atoms in total. The van der Waals surface area contributed by atoms with Crippen LogP contribution in [0.5, 0.6) is 0 Å². The van der Waals surface area contributed by atoms with E-state index in [0.717, 1.165) is 88.8 Å². The molecule has 5 heteroatoms. The molecule has 0 unspecified atom stereocenters. The highest BCUT2D eigenvalue weighted by Crippen LogP contribution is 2.48. The van der Waals surface area contributed by atoms with Crippen LogP contribution in [-0.2, 0) is 0 Å². The predicted octanol–water partition coefficient (Wildman–Crippen LogP) is 16.1. The number of nitrogens with zero attached hydrogens (tertiary/aromatic N) is 2. The molecular formula is C54H32N2O2S. The minimum absolute atomic E-state index is 0.852. The van der Waals surface area contributed by atoms with Crippen LogP contribution in [0.3, 0.4) is 0 Å². The van der Waals surface area contributed by atoms with Gasteiger partial charge in [0, 0.05) is 86.9 Å². The van der Waals surface area contributed by atoms with E-state index in [2.05, 4.69) is 185 Å². The Morgan fingerprint density at radius 2 is 1.00 bits per heavy atom. The van der Waals surface area contributed by atoms with Crippen molar-refractivity contribution in [3.05, 3.63) is 194 Å². The van der Waals surface area contributed by atoms with Gasteiger partial charge >= 0.3 is 0 Å². The maximum absolute atomic E-state index is 6.70. The molecule has 59 heavy (non-hydrogen) atoms. The lowest BCUT2D eigenvalue weighted by Gasteiger charge is -2.26. The van der Waals surface area contributed by atoms with Gasteiger partial charge in [-0.2, -0.15) is 0 Å². The molecule has 0 saturated heterocycles. The van der Waals surface area contributed by atoms with Crippen LogP contribution in [0.15, 0.2) is 203 Å². The van der Waals surface area contributed by atoms with E-state index < -0.39 is 0 Å². The van der Waals surface area contributed by atoms with Gasteiger partial charge in [0.1, 0.15) is 22.3 Å². The number of furan rings is 2. The van der Waals surface area contributed by atoms with Crippen LogP contribution >= 0.6 is 11.3 Å². The summed E-state index contributed by atoms with van der Waals surface area (Å²) in [5, 5.41) is 9.37. The summed E-state index contributed by atoms with van der Waals surface area (Å²) in [4.78, 5) is 2.35. The average molecular weight is 773 g/mol. The first kappa shape index (κ1) is 32.5. The average Bonchev–Trinajstić information content (AvgIpc) is 4.05. The van der Waals surface area contributed by atoms with E-state index in [1.807, 2.05) is 29.5 Å². The summed E-state index contributed by atoms with van der Waals surface area (Å²) >= 11 is 1.85. The van der Waals surface area contributed by atoms with Crippen LogP contribution < -0.4 is 4.90 Å². The summed E-state index contributed by atoms with van der Waals surface area (Å²) in [6.07, 6.45) is 0. The van der Waals surface area contributed by atoms with Gasteiger partial charge in [0.05, 0.1) is 11.0 Å². The van der Waals surface area contributed by atoms with Gasteiger partial charge in [-0.15, -0.1) is 11.3 Å². The summed E-state index contributed by atoms with van der Waals surface area (Å²) in [6, 6.07) is 69.5. The number of para-hydroxylation sites is 4. The molecule has 0 radical (unpaired) electrons. The fourth-order valence-corrected chi connectivity index (χ4v) is 10.5. The monoisotopic (exact) mass is 772 g/mol. The number of hydrogen-bond acceptors (Lipinski definition) is 4. The first-order valence-electron chi connectivity index (χ1n) is 19.9. The van der Waals surface area contributed by atoms with Crippen LogP contribution in [0.1, 0.15) is 0 Å². The van der Waals surface area contributed by atoms with Gasteiger partial charge in [-0.25, -0.2) is 0 Å². The topological polar surface area (TPSA) is 34.5 Å². The fraction of sp³-hybridized carbons (Fsp3) is 0. The van der Waals surface area contributed by atoms with Crippen molar-refractivity contribution in [3.8, 4) is 16.8 Å². The number of benzene rings is 9. The third-order valence-electron chi connectivity index (χ3n) is 12.0. The van der Waals surface area contributed by atoms with E-state index in [1.54, 1.807) is 0 Å². The second-order valence-electron chi connectivity index (χ2n) is 15.2. The first-order chi connectivity index (χ1) is 29.2. The van der Waals surface area contributed by atoms with Gasteiger partial charge in [-0.3, -0.25) is 0 Å². The van der Waals surface area contributed by atoms with E-state index in [9.17, 15) is 0 Å². The summed E-state index contributed by atoms with van der Waals surface area (Å²) in [6.45, 7) is 0. The van der Waals surface area contributed by atoms with E-state index in [-0.39, 0.29) is 0 Å². The lowest BCUT2D eigenvalue weighted by atomic mass is 9.93. The maximum Gasteiger partial charge on any atom is 0.138 e. The highest BCUT2D eigenvalue weighted by molar-refractivity contribution is 7.25. The zero-order valence-electron chi connectivity index (χ0n) is 31.6. The molecule has 276 valence electrons. The number of hydrogen-bond donors (Lipinski definition) is 0. The van der Waals surface area contributed by atoms with Crippen molar-refractivity contribution >= 4 is 114 Å². The SMILES string of the molecule is c1ccc(N(c2ccc(-n3c4ccccc4c4c(-c5ccc6c(c5)oc5ccccc56)c5c(cc43)oc3ccccc35)cc2)c2ccc3sc4ccccc4c3c2)cc1. The van der Waals surface area contributed by atoms with Crippen molar-refractivity contribution in [2.45, 2.75) is 0 Å². The molecule has 4 aromatic heterocycles. The van der Waals surface area contributed by atoms with Crippen LogP contribution in [0.25, 0.3) is 103 Å². The molecule has 0 aliphatic carbocycles. The van der Waals surface area contributed by atoms with E-state index in [0.29, 0.717) is 0 Å². The minimum Gasteiger partial charge on any atom is -0.456 e. The Kier molecular flexibility index (Phi) is 6.85. The Bertz CT molecular complexity index is 3790. The Morgan fingerprint density at radius 1 is 0.373 bits per heavy atom. The van der Waals surface area contributed by atoms with Crippen molar-refractivity contribution in [1.29, 1.82) is 0 Å². The van der Waals surface area contributed by atoms with E-state index in [4.69, 9.17) is 8.83 Å². The second-order valence-corrected chi connectivity index (χ2v) is 16.3. The minimum atomic E-state index is 0.852. The zero-order valence-corrected chi connectivity index (χ0v) is 32.4. The number of anilines is 3. The van der Waals surface area contributed by atoms with Gasteiger partial charge in [-0.05, 0) is 96.6 Å². The van der Waals surface area contributed by atoms with E-state index in [1.165, 1.54) is 30.9 Å². The quantitative estimate of drug-likeness (QED) is 0.175. The molecule has 13 aromatic rings. The lowest BCUT2D eigenvalue weighted by Crippen LogP contribution is -2.09. The molecule has 0 N–H and O–H groups in total. The lowest BCUT2D eigenvalue weighted by molar-refractivity contribution is 0.668. The second kappa shape index (κ2) is 12.4. The molecule has 0 aliphatic rings. The number of thiophene rings is 1. The summed E-state index contributed by atoms with van der Waals surface area (Å²) in [5.74, 6) is 0.